The molecule has 2 N–H and O–H groups in total. The van der Waals surface area contributed by atoms with E-state index in [4.69, 9.17) is 4.74 Å². The first-order valence-electron chi connectivity index (χ1n) is 10.8. The average molecular weight is 487 g/mol. The van der Waals surface area contributed by atoms with Gasteiger partial charge in [0.1, 0.15) is 12.6 Å². The van der Waals surface area contributed by atoms with Crippen LogP contribution in [-0.2, 0) is 14.3 Å². The highest BCUT2D eigenvalue weighted by molar-refractivity contribution is 8.00. The molecule has 2 atom stereocenters. The van der Waals surface area contributed by atoms with Crippen LogP contribution >= 0.6 is 23.5 Å². The summed E-state index contributed by atoms with van der Waals surface area (Å²) in [6, 6.07) is 15.6. The molecule has 4 rings (SSSR count). The van der Waals surface area contributed by atoms with Crippen molar-refractivity contribution in [1.29, 1.82) is 0 Å². The van der Waals surface area contributed by atoms with Crippen molar-refractivity contribution in [3.63, 3.8) is 0 Å². The highest BCUT2D eigenvalue weighted by atomic mass is 32.2. The average Bonchev–Trinajstić information content (AvgIpc) is 3.35. The minimum Gasteiger partial charge on any atom is -0.480 e. The number of nitrogens with one attached hydrogen (secondary N) is 1. The van der Waals surface area contributed by atoms with Crippen molar-refractivity contribution in [2.75, 3.05) is 30.4 Å². The molecule has 1 aliphatic heterocycles. The third kappa shape index (κ3) is 5.14. The molecule has 1 saturated heterocycles. The lowest BCUT2D eigenvalue weighted by Gasteiger charge is -2.24. The molecular weight excluding hydrogens is 460 g/mol. The van der Waals surface area contributed by atoms with Crippen molar-refractivity contribution in [2.24, 2.45) is 0 Å². The first-order valence-corrected chi connectivity index (χ1v) is 13.0. The molecule has 2 aromatic rings. The Bertz CT molecular complexity index is 1000. The number of carboxylic acid groups (broad SMARTS) is 1. The number of aliphatic carboxylic acids is 1. The minimum atomic E-state index is -0.970. The maximum Gasteiger partial charge on any atom is 0.407 e. The number of thioether (sulfide) groups is 2. The first-order chi connectivity index (χ1) is 16.0. The van der Waals surface area contributed by atoms with Gasteiger partial charge in [-0.2, -0.15) is 11.8 Å². The van der Waals surface area contributed by atoms with Crippen LogP contribution in [-0.4, -0.2) is 69.8 Å². The second kappa shape index (κ2) is 10.5. The van der Waals surface area contributed by atoms with E-state index >= 15 is 0 Å². The lowest BCUT2D eigenvalue weighted by Crippen LogP contribution is -2.45. The van der Waals surface area contributed by atoms with Crippen LogP contribution in [0.25, 0.3) is 11.1 Å². The Morgan fingerprint density at radius 2 is 1.76 bits per heavy atom. The molecule has 2 amide bonds. The highest BCUT2D eigenvalue weighted by Gasteiger charge is 2.39. The lowest BCUT2D eigenvalue weighted by atomic mass is 9.98. The number of amides is 2. The van der Waals surface area contributed by atoms with E-state index in [-0.39, 0.29) is 29.6 Å². The number of ether oxygens (including phenoxy) is 1. The first kappa shape index (κ1) is 23.5. The molecule has 1 fully saturated rings. The molecule has 0 bridgehead atoms. The number of carboxylic acids is 1. The minimum absolute atomic E-state index is 0.0117. The van der Waals surface area contributed by atoms with Crippen molar-refractivity contribution in [1.82, 2.24) is 10.2 Å². The van der Waals surface area contributed by atoms with Crippen LogP contribution < -0.4 is 5.32 Å². The Hall–Kier alpha value is -2.65. The van der Waals surface area contributed by atoms with Gasteiger partial charge in [0.15, 0.2) is 0 Å². The highest BCUT2D eigenvalue weighted by Crippen LogP contribution is 2.44. The second-order valence-corrected chi connectivity index (χ2v) is 10.3. The third-order valence-corrected chi connectivity index (χ3v) is 8.04. The second-order valence-electron chi connectivity index (χ2n) is 7.89. The Morgan fingerprint density at radius 1 is 1.12 bits per heavy atom. The summed E-state index contributed by atoms with van der Waals surface area (Å²) >= 11 is 2.83. The van der Waals surface area contributed by atoms with Crippen molar-refractivity contribution < 1.29 is 24.2 Å². The molecule has 9 heteroatoms. The zero-order valence-corrected chi connectivity index (χ0v) is 19.9. The van der Waals surface area contributed by atoms with E-state index in [1.54, 1.807) is 0 Å². The van der Waals surface area contributed by atoms with Gasteiger partial charge < -0.3 is 20.1 Å². The topological polar surface area (TPSA) is 95.9 Å². The van der Waals surface area contributed by atoms with Gasteiger partial charge in [0.05, 0.1) is 11.1 Å². The maximum absolute atomic E-state index is 12.4. The SMILES string of the molecule is CC1SCC(C(=O)O)N1C(=O)CSCCNC(=O)OCC1c2ccccc2-c2ccccc21. The van der Waals surface area contributed by atoms with Crippen LogP contribution in [0.1, 0.15) is 24.0 Å². The van der Waals surface area contributed by atoms with Gasteiger partial charge in [-0.05, 0) is 29.2 Å². The summed E-state index contributed by atoms with van der Waals surface area (Å²) in [5.74, 6) is -0.0221. The number of nitrogens with zero attached hydrogens (tertiary/aromatic N) is 1. The van der Waals surface area contributed by atoms with E-state index in [1.165, 1.54) is 39.6 Å². The van der Waals surface area contributed by atoms with Gasteiger partial charge in [-0.15, -0.1) is 11.8 Å². The van der Waals surface area contributed by atoms with Gasteiger partial charge in [0.2, 0.25) is 5.91 Å². The summed E-state index contributed by atoms with van der Waals surface area (Å²) in [7, 11) is 0. The predicted octanol–water partition coefficient (Wildman–Crippen LogP) is 3.63. The molecule has 0 radical (unpaired) electrons. The Balaban J connectivity index is 1.20. The molecule has 0 aromatic heterocycles. The van der Waals surface area contributed by atoms with Crippen LogP contribution in [0.4, 0.5) is 4.79 Å². The lowest BCUT2D eigenvalue weighted by molar-refractivity contribution is -0.147. The Labute approximate surface area is 201 Å². The normalized spacial score (nSPS) is 19.1. The number of hydrogen-bond acceptors (Lipinski definition) is 6. The van der Waals surface area contributed by atoms with Gasteiger partial charge in [0.25, 0.3) is 0 Å². The van der Waals surface area contributed by atoms with Crippen LogP contribution in [0, 0.1) is 0 Å². The molecule has 1 heterocycles. The Morgan fingerprint density at radius 3 is 2.39 bits per heavy atom. The zero-order chi connectivity index (χ0) is 23.4. The summed E-state index contributed by atoms with van der Waals surface area (Å²) in [6.07, 6.45) is -0.487. The quantitative estimate of drug-likeness (QED) is 0.550. The molecular formula is C24H26N2O5S2. The summed E-state index contributed by atoms with van der Waals surface area (Å²) in [5, 5.41) is 11.9. The van der Waals surface area contributed by atoms with Gasteiger partial charge in [-0.3, -0.25) is 4.79 Å². The summed E-state index contributed by atoms with van der Waals surface area (Å²) < 4.78 is 5.50. The largest absolute Gasteiger partial charge is 0.480 e. The smallest absolute Gasteiger partial charge is 0.407 e. The van der Waals surface area contributed by atoms with E-state index < -0.39 is 18.1 Å². The van der Waals surface area contributed by atoms with E-state index in [0.29, 0.717) is 18.1 Å². The number of hydrogen-bond donors (Lipinski definition) is 2. The summed E-state index contributed by atoms with van der Waals surface area (Å²) in [4.78, 5) is 37.4. The van der Waals surface area contributed by atoms with E-state index in [1.807, 2.05) is 31.2 Å². The molecule has 0 saturated carbocycles. The van der Waals surface area contributed by atoms with Gasteiger partial charge in [0, 0.05) is 24.0 Å². The Kier molecular flexibility index (Phi) is 7.49. The van der Waals surface area contributed by atoms with Gasteiger partial charge in [-0.25, -0.2) is 9.59 Å². The number of alkyl carbamates (subject to hydrolysis) is 1. The maximum atomic E-state index is 12.4. The number of carbonyl (C=O) groups is 3. The van der Waals surface area contributed by atoms with Crippen molar-refractivity contribution in [3.8, 4) is 11.1 Å². The molecule has 0 spiro atoms. The van der Waals surface area contributed by atoms with Crippen LogP contribution in [0.2, 0.25) is 0 Å². The van der Waals surface area contributed by atoms with Crippen LogP contribution in [0.15, 0.2) is 48.5 Å². The molecule has 1 aliphatic carbocycles. The standard InChI is InChI=1S/C24H26N2O5S2/c1-15-26(21(13-33-15)23(28)29)22(27)14-32-11-10-25-24(30)31-12-20-18-8-4-2-6-16(18)17-7-3-5-9-19(17)20/h2-9,15,20-21H,10-14H2,1H3,(H,25,30)(H,28,29). The zero-order valence-electron chi connectivity index (χ0n) is 18.2. The molecule has 174 valence electrons. The van der Waals surface area contributed by atoms with E-state index in [2.05, 4.69) is 29.6 Å². The summed E-state index contributed by atoms with van der Waals surface area (Å²) in [6.45, 7) is 2.46. The third-order valence-electron chi connectivity index (χ3n) is 5.88. The van der Waals surface area contributed by atoms with Crippen molar-refractivity contribution in [3.05, 3.63) is 59.7 Å². The summed E-state index contributed by atoms with van der Waals surface area (Å²) in [5.41, 5.74) is 4.68. The van der Waals surface area contributed by atoms with E-state index in [9.17, 15) is 19.5 Å². The molecule has 2 aromatic carbocycles. The molecule has 2 unspecified atom stereocenters. The van der Waals surface area contributed by atoms with Crippen molar-refractivity contribution in [2.45, 2.75) is 24.3 Å². The van der Waals surface area contributed by atoms with Gasteiger partial charge >= 0.3 is 12.1 Å². The molecule has 2 aliphatic rings. The van der Waals surface area contributed by atoms with Crippen LogP contribution in [0.5, 0.6) is 0 Å². The molecule has 33 heavy (non-hydrogen) atoms. The number of carbonyl (C=O) groups excluding carboxylic acids is 2. The molecule has 7 nitrogen and oxygen atoms in total. The van der Waals surface area contributed by atoms with Crippen molar-refractivity contribution >= 4 is 41.5 Å². The monoisotopic (exact) mass is 486 g/mol. The fraction of sp³-hybridized carbons (Fsp3) is 0.375. The predicted molar refractivity (Wildman–Crippen MR) is 131 cm³/mol. The number of fused-ring (bicyclic) bond motifs is 3. The fourth-order valence-corrected chi connectivity index (χ4v) is 6.22. The van der Waals surface area contributed by atoms with Crippen LogP contribution in [0.3, 0.4) is 0 Å². The number of benzene rings is 2. The van der Waals surface area contributed by atoms with E-state index in [0.717, 1.165) is 11.1 Å². The van der Waals surface area contributed by atoms with Gasteiger partial charge in [-0.1, -0.05) is 48.5 Å². The fourth-order valence-electron chi connectivity index (χ4n) is 4.32. The number of rotatable bonds is 8.